The molecule has 0 aliphatic carbocycles. The van der Waals surface area contributed by atoms with E-state index in [-0.39, 0.29) is 0 Å². The van der Waals surface area contributed by atoms with Crippen LogP contribution in [-0.4, -0.2) is 131 Å². The highest BCUT2D eigenvalue weighted by Crippen LogP contribution is 2.72. The molecule has 0 unspecified atom stereocenters. The second kappa shape index (κ2) is 15.2. The first-order chi connectivity index (χ1) is 28.2. The van der Waals surface area contributed by atoms with Gasteiger partial charge in [-0.25, -0.2) is 0 Å². The second-order valence-corrected chi connectivity index (χ2v) is 12.5. The molecule has 0 aromatic rings. The van der Waals surface area contributed by atoms with E-state index < -0.39 is 131 Å². The summed E-state index contributed by atoms with van der Waals surface area (Å²) in [7, 11) is 0. The third kappa shape index (κ3) is 6.94. The molecule has 0 aliphatic heterocycles. The Labute approximate surface area is 334 Å². The highest BCUT2D eigenvalue weighted by molar-refractivity contribution is 5.24. The van der Waals surface area contributed by atoms with Crippen molar-refractivity contribution >= 4 is 0 Å². The Kier molecular flexibility index (Phi) is 14.4. The van der Waals surface area contributed by atoms with Gasteiger partial charge in [0.25, 0.3) is 0 Å². The van der Waals surface area contributed by atoms with Crippen molar-refractivity contribution in [2.75, 3.05) is 0 Å². The van der Waals surface area contributed by atoms with Crippen molar-refractivity contribution in [3.05, 3.63) is 0 Å². The molecule has 68 heavy (non-hydrogen) atoms. The van der Waals surface area contributed by atoms with Crippen LogP contribution in [0.1, 0.15) is 0 Å². The van der Waals surface area contributed by atoms with Gasteiger partial charge in [0.1, 0.15) is 0 Å². The van der Waals surface area contributed by atoms with E-state index in [9.17, 15) is 202 Å². The first-order valence-corrected chi connectivity index (χ1v) is 13.9. The first kappa shape index (κ1) is 64.8. The summed E-state index contributed by atoms with van der Waals surface area (Å²) in [6.45, 7) is 0. The lowest BCUT2D eigenvalue weighted by molar-refractivity contribution is -0.498. The molecule has 0 rings (SSSR count). The average molecular weight is 1140 g/mol. The zero-order valence-electron chi connectivity index (χ0n) is 28.4. The number of rotatable bonds is 19. The summed E-state index contributed by atoms with van der Waals surface area (Å²) in [5, 5.41) is 0. The summed E-state index contributed by atoms with van der Waals surface area (Å²) < 4.78 is 618. The Bertz CT molecular complexity index is 1690. The van der Waals surface area contributed by atoms with Gasteiger partial charge in [0, 0.05) is 0 Å². The molecule has 0 saturated carbocycles. The molecule has 0 aromatic carbocycles. The molecule has 0 N–H and O–H groups in total. The molecule has 0 radical (unpaired) electrons. The van der Waals surface area contributed by atoms with Gasteiger partial charge in [0.15, 0.2) is 0 Å². The van der Waals surface area contributed by atoms with Crippen LogP contribution in [0, 0.1) is 0 Å². The predicted molar refractivity (Wildman–Crippen MR) is 111 cm³/mol. The van der Waals surface area contributed by atoms with Crippen LogP contribution in [0.4, 0.5) is 202 Å². The standard InChI is InChI=1S/C22F46/c23-1(24,3(27,28)5(31,32)7(35,36)9(39,40)11(43,44)13(47,48)15(51,52)17(55,56)19(59,60)21(63,64)65)2(25,26)4(29,30)6(33,34)8(37,38)10(41,42)12(45,46)14(49,50)16(53,54)18(57,58)20(61,62)22(66,67)68. The first-order valence-electron chi connectivity index (χ1n) is 13.9. The summed E-state index contributed by atoms with van der Waals surface area (Å²) >= 11 is 0. The summed E-state index contributed by atoms with van der Waals surface area (Å²) in [5.74, 6) is -206. The van der Waals surface area contributed by atoms with Gasteiger partial charge in [-0.3, -0.25) is 0 Å². The van der Waals surface area contributed by atoms with Gasteiger partial charge in [-0.1, -0.05) is 0 Å². The number of halogens is 46. The largest absolute Gasteiger partial charge is 0.460 e. The second-order valence-electron chi connectivity index (χ2n) is 12.5. The fourth-order valence-corrected chi connectivity index (χ4v) is 3.91. The van der Waals surface area contributed by atoms with Gasteiger partial charge in [-0.2, -0.15) is 202 Å². The molecule has 0 atom stereocenters. The van der Waals surface area contributed by atoms with Crippen LogP contribution >= 0.6 is 0 Å². The Hall–Kier alpha value is -3.22. The van der Waals surface area contributed by atoms with Crippen LogP contribution in [0.15, 0.2) is 0 Å². The third-order valence-corrected chi connectivity index (χ3v) is 8.20. The van der Waals surface area contributed by atoms with Crippen molar-refractivity contribution in [3.63, 3.8) is 0 Å². The molecule has 46 heteroatoms. The molecule has 0 amide bonds. The zero-order chi connectivity index (χ0) is 57.0. The summed E-state index contributed by atoms with van der Waals surface area (Å²) in [5.41, 5.74) is 0. The normalized spacial score (nSPS) is 17.6. The Balaban J connectivity index is 8.09. The van der Waals surface area contributed by atoms with Gasteiger partial charge in [-0.15, -0.1) is 0 Å². The van der Waals surface area contributed by atoms with E-state index >= 15 is 0 Å². The van der Waals surface area contributed by atoms with E-state index in [4.69, 9.17) is 0 Å². The molecule has 0 spiro atoms. The number of alkyl halides is 46. The molecule has 0 saturated heterocycles. The Morgan fingerprint density at radius 3 is 0.162 bits per heavy atom. The van der Waals surface area contributed by atoms with Crippen LogP contribution in [0.5, 0.6) is 0 Å². The van der Waals surface area contributed by atoms with Crippen molar-refractivity contribution in [2.24, 2.45) is 0 Å². The van der Waals surface area contributed by atoms with Crippen molar-refractivity contribution < 1.29 is 202 Å². The van der Waals surface area contributed by atoms with Crippen molar-refractivity contribution in [2.45, 2.75) is 131 Å². The molecular weight excluding hydrogens is 1140 g/mol. The lowest BCUT2D eigenvalue weighted by atomic mass is 9.81. The van der Waals surface area contributed by atoms with Crippen LogP contribution < -0.4 is 0 Å². The van der Waals surface area contributed by atoms with E-state index in [1.807, 2.05) is 0 Å². The van der Waals surface area contributed by atoms with Crippen molar-refractivity contribution in [1.82, 2.24) is 0 Å². The molecule has 0 bridgehead atoms. The van der Waals surface area contributed by atoms with E-state index in [0.29, 0.717) is 0 Å². The maximum atomic E-state index is 14.0. The summed E-state index contributed by atoms with van der Waals surface area (Å²) in [4.78, 5) is 0. The van der Waals surface area contributed by atoms with Crippen molar-refractivity contribution in [3.8, 4) is 0 Å². The molecular formula is C22F46. The Morgan fingerprint density at radius 2 is 0.118 bits per heavy atom. The smallest absolute Gasteiger partial charge is 0.192 e. The average Bonchev–Trinajstić information content (AvgIpc) is 3.08. The fraction of sp³-hybridized carbons (Fsp3) is 1.00. The van der Waals surface area contributed by atoms with Gasteiger partial charge >= 0.3 is 131 Å². The topological polar surface area (TPSA) is 0 Å². The minimum Gasteiger partial charge on any atom is -0.192 e. The Morgan fingerprint density at radius 1 is 0.0735 bits per heavy atom. The maximum absolute atomic E-state index is 14.0. The van der Waals surface area contributed by atoms with Gasteiger partial charge in [0.05, 0.1) is 0 Å². The molecule has 410 valence electrons. The highest BCUT2D eigenvalue weighted by atomic mass is 19.5. The lowest BCUT2D eigenvalue weighted by Crippen LogP contribution is -2.81. The fourth-order valence-electron chi connectivity index (χ4n) is 3.91. The van der Waals surface area contributed by atoms with Gasteiger partial charge < -0.3 is 0 Å². The van der Waals surface area contributed by atoms with Crippen LogP contribution in [0.3, 0.4) is 0 Å². The molecule has 0 heterocycles. The SMILES string of the molecule is FC(F)(F)C(F)(F)C(F)(F)C(F)(F)C(F)(F)C(F)(F)C(F)(F)C(F)(F)C(F)(F)C(F)(F)C(F)(F)C(F)(F)C(F)(F)C(F)(F)C(F)(F)C(F)(F)C(F)(F)C(F)(F)C(F)(F)C(F)(F)C(F)(F)C(F)(F)F. The van der Waals surface area contributed by atoms with E-state index in [1.165, 1.54) is 0 Å². The lowest BCUT2D eigenvalue weighted by Gasteiger charge is -2.47. The third-order valence-electron chi connectivity index (χ3n) is 8.20. The van der Waals surface area contributed by atoms with E-state index in [1.54, 1.807) is 0 Å². The molecule has 0 aliphatic rings. The summed E-state index contributed by atoms with van der Waals surface area (Å²) in [6, 6.07) is 0. The molecule has 0 fully saturated rings. The quantitative estimate of drug-likeness (QED) is 0.113. The van der Waals surface area contributed by atoms with Gasteiger partial charge in [0.2, 0.25) is 0 Å². The predicted octanol–water partition coefficient (Wildman–Crippen LogP) is 14.8. The minimum atomic E-state index is -10.8. The zero-order valence-corrected chi connectivity index (χ0v) is 28.4. The number of hydrogen-bond donors (Lipinski definition) is 0. The van der Waals surface area contributed by atoms with Crippen molar-refractivity contribution in [1.29, 1.82) is 0 Å². The van der Waals surface area contributed by atoms with Crippen LogP contribution in [0.25, 0.3) is 0 Å². The monoisotopic (exact) mass is 1140 g/mol. The number of hydrogen-bond acceptors (Lipinski definition) is 0. The molecule has 0 nitrogen and oxygen atoms in total. The minimum absolute atomic E-state index is 8.58. The maximum Gasteiger partial charge on any atom is 0.460 e. The summed E-state index contributed by atoms with van der Waals surface area (Å²) in [6.07, 6.45) is -17.2. The van der Waals surface area contributed by atoms with E-state index in [0.717, 1.165) is 0 Å². The van der Waals surface area contributed by atoms with E-state index in [2.05, 4.69) is 0 Å². The van der Waals surface area contributed by atoms with Gasteiger partial charge in [-0.05, 0) is 0 Å². The van der Waals surface area contributed by atoms with Crippen LogP contribution in [-0.2, 0) is 0 Å². The highest BCUT2D eigenvalue weighted by Gasteiger charge is 3.04. The molecule has 0 aromatic heterocycles. The van der Waals surface area contributed by atoms with Crippen LogP contribution in [0.2, 0.25) is 0 Å².